The smallest absolute Gasteiger partial charge is 0.0317 e. The predicted molar refractivity (Wildman–Crippen MR) is 49.4 cm³/mol. The fourth-order valence-electron chi connectivity index (χ4n) is 1.37. The molecule has 0 fully saturated rings. The largest absolute Gasteiger partial charge is 0.375 e. The quantitative estimate of drug-likeness (QED) is 0.514. The zero-order valence-electron chi connectivity index (χ0n) is 7.56. The Hall–Kier alpha value is -0.720. The van der Waals surface area contributed by atoms with Gasteiger partial charge in [0.1, 0.15) is 0 Å². The topological polar surface area (TPSA) is 3.24 Å². The Morgan fingerprint density at radius 2 is 2.18 bits per heavy atom. The number of hydrogen-bond donors (Lipinski definition) is 0. The first-order valence-corrected chi connectivity index (χ1v) is 4.29. The van der Waals surface area contributed by atoms with E-state index in [-0.39, 0.29) is 0 Å². The van der Waals surface area contributed by atoms with Crippen LogP contribution in [0.4, 0.5) is 0 Å². The van der Waals surface area contributed by atoms with Crippen LogP contribution in [0.25, 0.3) is 0 Å². The summed E-state index contributed by atoms with van der Waals surface area (Å²) in [4.78, 5) is 2.24. The maximum absolute atomic E-state index is 4.04. The molecule has 62 valence electrons. The van der Waals surface area contributed by atoms with Crippen molar-refractivity contribution in [3.8, 4) is 0 Å². The minimum absolute atomic E-state index is 1.16. The molecule has 0 atom stereocenters. The molecule has 0 spiro atoms. The SMILES string of the molecule is C=C1C(C)=CCCCCN1C. The molecule has 0 N–H and O–H groups in total. The van der Waals surface area contributed by atoms with E-state index in [1.54, 1.807) is 0 Å². The molecular weight excluding hydrogens is 134 g/mol. The first-order valence-electron chi connectivity index (χ1n) is 4.29. The molecule has 1 rings (SSSR count). The molecule has 0 saturated carbocycles. The summed E-state index contributed by atoms with van der Waals surface area (Å²) in [5.74, 6) is 0. The number of allylic oxidation sites excluding steroid dienone is 2. The van der Waals surface area contributed by atoms with Gasteiger partial charge in [-0.15, -0.1) is 0 Å². The lowest BCUT2D eigenvalue weighted by Gasteiger charge is -2.24. The molecule has 1 nitrogen and oxygen atoms in total. The van der Waals surface area contributed by atoms with E-state index < -0.39 is 0 Å². The summed E-state index contributed by atoms with van der Waals surface area (Å²) in [6.45, 7) is 7.34. The number of likely N-dealkylation sites (N-methyl/N-ethyl adjacent to an activating group) is 1. The fraction of sp³-hybridized carbons (Fsp3) is 0.600. The highest BCUT2D eigenvalue weighted by Gasteiger charge is 2.05. The average Bonchev–Trinajstić information content (AvgIpc) is 2.00. The molecule has 0 aliphatic carbocycles. The molecule has 0 saturated heterocycles. The van der Waals surface area contributed by atoms with Crippen molar-refractivity contribution in [1.29, 1.82) is 0 Å². The van der Waals surface area contributed by atoms with Gasteiger partial charge in [0.15, 0.2) is 0 Å². The first-order chi connectivity index (χ1) is 5.22. The third-order valence-electron chi connectivity index (χ3n) is 2.31. The third kappa shape index (κ3) is 2.11. The molecular formula is C10H17N. The number of nitrogens with zero attached hydrogens (tertiary/aromatic N) is 1. The fourth-order valence-corrected chi connectivity index (χ4v) is 1.37. The summed E-state index contributed by atoms with van der Waals surface area (Å²) in [6, 6.07) is 0. The van der Waals surface area contributed by atoms with Crippen LogP contribution in [0.5, 0.6) is 0 Å². The molecule has 0 aromatic rings. The lowest BCUT2D eigenvalue weighted by atomic mass is 10.1. The second kappa shape index (κ2) is 3.61. The predicted octanol–water partition coefficient (Wildman–Crippen LogP) is 2.56. The highest BCUT2D eigenvalue weighted by molar-refractivity contribution is 5.24. The average molecular weight is 151 g/mol. The number of hydrogen-bond acceptors (Lipinski definition) is 1. The van der Waals surface area contributed by atoms with Gasteiger partial charge in [-0.3, -0.25) is 0 Å². The summed E-state index contributed by atoms with van der Waals surface area (Å²) >= 11 is 0. The van der Waals surface area contributed by atoms with Crippen molar-refractivity contribution in [1.82, 2.24) is 4.90 Å². The van der Waals surface area contributed by atoms with Gasteiger partial charge < -0.3 is 4.90 Å². The lowest BCUT2D eigenvalue weighted by molar-refractivity contribution is 0.405. The van der Waals surface area contributed by atoms with Gasteiger partial charge in [-0.1, -0.05) is 12.7 Å². The molecule has 0 aromatic carbocycles. The van der Waals surface area contributed by atoms with Crippen LogP contribution < -0.4 is 0 Å². The second-order valence-corrected chi connectivity index (χ2v) is 3.25. The van der Waals surface area contributed by atoms with Crippen LogP contribution in [-0.2, 0) is 0 Å². The van der Waals surface area contributed by atoms with Gasteiger partial charge in [0.2, 0.25) is 0 Å². The maximum atomic E-state index is 4.04. The van der Waals surface area contributed by atoms with E-state index in [1.165, 1.54) is 30.5 Å². The number of rotatable bonds is 0. The van der Waals surface area contributed by atoms with Crippen molar-refractivity contribution in [2.45, 2.75) is 26.2 Å². The van der Waals surface area contributed by atoms with Gasteiger partial charge in [-0.05, 0) is 31.8 Å². The molecule has 0 amide bonds. The van der Waals surface area contributed by atoms with Crippen molar-refractivity contribution in [2.24, 2.45) is 0 Å². The Morgan fingerprint density at radius 1 is 1.45 bits per heavy atom. The van der Waals surface area contributed by atoms with Crippen molar-refractivity contribution in [2.75, 3.05) is 13.6 Å². The third-order valence-corrected chi connectivity index (χ3v) is 2.31. The van der Waals surface area contributed by atoms with Crippen LogP contribution in [0.1, 0.15) is 26.2 Å². The highest BCUT2D eigenvalue weighted by Crippen LogP contribution is 2.16. The molecule has 11 heavy (non-hydrogen) atoms. The molecule has 1 heteroatoms. The van der Waals surface area contributed by atoms with Crippen LogP contribution in [0.3, 0.4) is 0 Å². The van der Waals surface area contributed by atoms with Crippen molar-refractivity contribution in [3.63, 3.8) is 0 Å². The van der Waals surface area contributed by atoms with E-state index in [4.69, 9.17) is 0 Å². The van der Waals surface area contributed by atoms with Crippen molar-refractivity contribution >= 4 is 0 Å². The van der Waals surface area contributed by atoms with Crippen LogP contribution in [-0.4, -0.2) is 18.5 Å². The Balaban J connectivity index is 2.69. The summed E-state index contributed by atoms with van der Waals surface area (Å²) in [5, 5.41) is 0. The molecule has 0 radical (unpaired) electrons. The lowest BCUT2D eigenvalue weighted by Crippen LogP contribution is -2.20. The van der Waals surface area contributed by atoms with E-state index in [2.05, 4.69) is 31.5 Å². The van der Waals surface area contributed by atoms with Crippen LogP contribution in [0.2, 0.25) is 0 Å². The molecule has 1 aliphatic heterocycles. The molecule has 0 bridgehead atoms. The molecule has 0 unspecified atom stereocenters. The van der Waals surface area contributed by atoms with Gasteiger partial charge in [0, 0.05) is 19.3 Å². The Labute approximate surface area is 69.4 Å². The zero-order chi connectivity index (χ0) is 8.27. The van der Waals surface area contributed by atoms with E-state index >= 15 is 0 Å². The van der Waals surface area contributed by atoms with Crippen LogP contribution >= 0.6 is 0 Å². The normalized spacial score (nSPS) is 20.7. The Morgan fingerprint density at radius 3 is 2.91 bits per heavy atom. The van der Waals surface area contributed by atoms with Gasteiger partial charge in [-0.2, -0.15) is 0 Å². The standard InChI is InChI=1S/C10H17N/c1-9-7-5-4-6-8-11(3)10(9)2/h7H,2,4-6,8H2,1,3H3. The summed E-state index contributed by atoms with van der Waals surface area (Å²) < 4.78 is 0. The molecule has 1 aliphatic rings. The minimum Gasteiger partial charge on any atom is -0.375 e. The van der Waals surface area contributed by atoms with E-state index in [0.29, 0.717) is 0 Å². The Kier molecular flexibility index (Phi) is 2.75. The first kappa shape index (κ1) is 8.38. The van der Waals surface area contributed by atoms with E-state index in [1.807, 2.05) is 0 Å². The monoisotopic (exact) mass is 151 g/mol. The summed E-state index contributed by atoms with van der Waals surface area (Å²) in [6.07, 6.45) is 6.12. The van der Waals surface area contributed by atoms with Crippen LogP contribution in [0, 0.1) is 0 Å². The van der Waals surface area contributed by atoms with Crippen molar-refractivity contribution in [3.05, 3.63) is 23.9 Å². The highest BCUT2D eigenvalue weighted by atomic mass is 15.1. The van der Waals surface area contributed by atoms with Gasteiger partial charge >= 0.3 is 0 Å². The van der Waals surface area contributed by atoms with Crippen LogP contribution in [0.15, 0.2) is 23.9 Å². The second-order valence-electron chi connectivity index (χ2n) is 3.25. The molecule has 1 heterocycles. The summed E-state index contributed by atoms with van der Waals surface area (Å²) in [7, 11) is 2.12. The summed E-state index contributed by atoms with van der Waals surface area (Å²) in [5.41, 5.74) is 2.52. The van der Waals surface area contributed by atoms with E-state index in [9.17, 15) is 0 Å². The van der Waals surface area contributed by atoms with E-state index in [0.717, 1.165) is 6.54 Å². The van der Waals surface area contributed by atoms with Crippen molar-refractivity contribution < 1.29 is 0 Å². The van der Waals surface area contributed by atoms with Gasteiger partial charge in [-0.25, -0.2) is 0 Å². The minimum atomic E-state index is 1.16. The molecule has 0 aromatic heterocycles. The van der Waals surface area contributed by atoms with Gasteiger partial charge in [0.05, 0.1) is 0 Å². The maximum Gasteiger partial charge on any atom is 0.0317 e. The van der Waals surface area contributed by atoms with Gasteiger partial charge in [0.25, 0.3) is 0 Å². The Bertz CT molecular complexity index is 179. The zero-order valence-corrected chi connectivity index (χ0v) is 7.56.